The molecule has 0 saturated carbocycles. The smallest absolute Gasteiger partial charge is 0.241 e. The van der Waals surface area contributed by atoms with Crippen molar-refractivity contribution in [3.8, 4) is 0 Å². The van der Waals surface area contributed by atoms with E-state index in [1.807, 2.05) is 0 Å². The minimum absolute atomic E-state index is 0.180. The van der Waals surface area contributed by atoms with Gasteiger partial charge < -0.3 is 0 Å². The summed E-state index contributed by atoms with van der Waals surface area (Å²) in [4.78, 5) is 12.9. The average molecular weight is 331 g/mol. The van der Waals surface area contributed by atoms with Crippen LogP contribution in [0.1, 0.15) is 53.0 Å². The van der Waals surface area contributed by atoms with Crippen molar-refractivity contribution in [2.75, 3.05) is 5.75 Å². The number of hydrogen-bond acceptors (Lipinski definition) is 5. The summed E-state index contributed by atoms with van der Waals surface area (Å²) in [5, 5.41) is 12.1. The summed E-state index contributed by atoms with van der Waals surface area (Å²) >= 11 is 1.42. The molecule has 0 saturated heterocycles. The van der Waals surface area contributed by atoms with E-state index in [9.17, 15) is 4.79 Å². The van der Waals surface area contributed by atoms with E-state index in [1.54, 1.807) is 11.7 Å². The molecule has 0 aromatic carbocycles. The van der Waals surface area contributed by atoms with Gasteiger partial charge in [-0.25, -0.2) is 4.68 Å². The van der Waals surface area contributed by atoms with Gasteiger partial charge in [-0.3, -0.25) is 9.36 Å². The lowest BCUT2D eigenvalue weighted by atomic mass is 9.89. The van der Waals surface area contributed by atoms with Crippen LogP contribution in [0, 0.1) is 0 Å². The molecule has 0 unspecified atom stereocenters. The van der Waals surface area contributed by atoms with Crippen LogP contribution in [0.5, 0.6) is 0 Å². The molecule has 4 rings (SSSR count). The first-order valence-electron chi connectivity index (χ1n) is 8.38. The van der Waals surface area contributed by atoms with Gasteiger partial charge in [0.25, 0.3) is 0 Å². The first-order chi connectivity index (χ1) is 11.3. The molecule has 23 heavy (non-hydrogen) atoms. The maximum absolute atomic E-state index is 12.9. The van der Waals surface area contributed by atoms with Crippen LogP contribution in [0.2, 0.25) is 0 Å². The molecule has 2 aliphatic carbocycles. The number of tetrazole rings is 1. The zero-order valence-corrected chi connectivity index (χ0v) is 14.2. The Morgan fingerprint density at radius 1 is 1.04 bits per heavy atom. The monoisotopic (exact) mass is 331 g/mol. The van der Waals surface area contributed by atoms with Crippen molar-refractivity contribution < 1.29 is 4.79 Å². The fourth-order valence-corrected chi connectivity index (χ4v) is 4.62. The zero-order chi connectivity index (χ0) is 15.8. The van der Waals surface area contributed by atoms with E-state index in [2.05, 4.69) is 20.1 Å². The van der Waals surface area contributed by atoms with Crippen molar-refractivity contribution in [3.63, 3.8) is 0 Å². The van der Waals surface area contributed by atoms with E-state index in [1.165, 1.54) is 60.0 Å². The highest BCUT2D eigenvalue weighted by molar-refractivity contribution is 7.99. The lowest BCUT2D eigenvalue weighted by Crippen LogP contribution is -2.21. The molecule has 0 bridgehead atoms. The third-order valence-corrected chi connectivity index (χ3v) is 5.93. The van der Waals surface area contributed by atoms with Crippen LogP contribution < -0.4 is 0 Å². The maximum Gasteiger partial charge on any atom is 0.241 e. The number of carbonyl (C=O) groups excluding carboxylic acids is 1. The van der Waals surface area contributed by atoms with Crippen LogP contribution >= 0.6 is 11.8 Å². The van der Waals surface area contributed by atoms with Gasteiger partial charge in [0.15, 0.2) is 0 Å². The maximum atomic E-state index is 12.9. The minimum Gasteiger partial charge on any atom is -0.287 e. The number of aryl methyl sites for hydroxylation is 1. The fourth-order valence-electron chi connectivity index (χ4n) is 3.92. The summed E-state index contributed by atoms with van der Waals surface area (Å²) in [6.07, 6.45) is 9.31. The van der Waals surface area contributed by atoms with Gasteiger partial charge in [-0.2, -0.15) is 0 Å². The van der Waals surface area contributed by atoms with Crippen LogP contribution in [0.25, 0.3) is 0 Å². The van der Waals surface area contributed by atoms with Gasteiger partial charge in [0, 0.05) is 18.4 Å². The van der Waals surface area contributed by atoms with Crippen LogP contribution in [0.3, 0.4) is 0 Å². The molecule has 7 heteroatoms. The van der Waals surface area contributed by atoms with E-state index in [0.717, 1.165) is 25.7 Å². The predicted octanol–water partition coefficient (Wildman–Crippen LogP) is 2.20. The van der Waals surface area contributed by atoms with Gasteiger partial charge in [0.05, 0.1) is 5.75 Å². The average Bonchev–Trinajstić information content (AvgIpc) is 3.14. The molecule has 0 spiro atoms. The highest BCUT2D eigenvalue weighted by Crippen LogP contribution is 2.35. The largest absolute Gasteiger partial charge is 0.287 e. The van der Waals surface area contributed by atoms with E-state index < -0.39 is 0 Å². The van der Waals surface area contributed by atoms with Crippen LogP contribution in [-0.2, 0) is 32.7 Å². The number of thioether (sulfide) groups is 1. The number of carbonyl (C=O) groups is 1. The number of rotatable bonds is 3. The zero-order valence-electron chi connectivity index (χ0n) is 13.4. The Labute approximate surface area is 139 Å². The van der Waals surface area contributed by atoms with Crippen LogP contribution in [-0.4, -0.2) is 36.4 Å². The van der Waals surface area contributed by atoms with E-state index in [-0.39, 0.29) is 5.91 Å². The Morgan fingerprint density at radius 2 is 1.65 bits per heavy atom. The van der Waals surface area contributed by atoms with Gasteiger partial charge in [-0.15, -0.1) is 5.10 Å². The second-order valence-corrected chi connectivity index (χ2v) is 7.31. The first-order valence-corrected chi connectivity index (χ1v) is 9.37. The van der Waals surface area contributed by atoms with Crippen LogP contribution in [0.4, 0.5) is 0 Å². The Kier molecular flexibility index (Phi) is 3.97. The van der Waals surface area contributed by atoms with Gasteiger partial charge in [0.2, 0.25) is 11.1 Å². The summed E-state index contributed by atoms with van der Waals surface area (Å²) in [5.41, 5.74) is 5.57. The molecule has 0 atom stereocenters. The minimum atomic E-state index is 0.180. The van der Waals surface area contributed by atoms with E-state index in [4.69, 9.17) is 0 Å². The van der Waals surface area contributed by atoms with Gasteiger partial charge in [0.1, 0.15) is 0 Å². The van der Waals surface area contributed by atoms with Crippen molar-refractivity contribution in [1.82, 2.24) is 24.8 Å². The van der Waals surface area contributed by atoms with Crippen molar-refractivity contribution in [2.24, 2.45) is 7.05 Å². The van der Waals surface area contributed by atoms with Gasteiger partial charge in [-0.05, 0) is 72.9 Å². The molecule has 0 radical (unpaired) electrons. The Morgan fingerprint density at radius 3 is 2.22 bits per heavy atom. The highest BCUT2D eigenvalue weighted by atomic mass is 32.2. The molecular weight excluding hydrogens is 310 g/mol. The van der Waals surface area contributed by atoms with Crippen molar-refractivity contribution in [2.45, 2.75) is 56.5 Å². The van der Waals surface area contributed by atoms with Gasteiger partial charge in [-0.1, -0.05) is 11.8 Å². The molecule has 0 N–H and O–H groups in total. The third kappa shape index (κ3) is 2.60. The standard InChI is InChI=1S/C16H21N5OS/c1-20-16(17-18-19-20)23-10-15(22)21-13-8-4-2-6-11(13)12-7-3-5-9-14(12)21/h2-10H2,1H3. The molecule has 6 nitrogen and oxygen atoms in total. The molecule has 0 fully saturated rings. The van der Waals surface area contributed by atoms with E-state index >= 15 is 0 Å². The molecule has 2 aromatic heterocycles. The second kappa shape index (κ2) is 6.11. The van der Waals surface area contributed by atoms with Crippen LogP contribution in [0.15, 0.2) is 5.16 Å². The Hall–Kier alpha value is -1.63. The first kappa shape index (κ1) is 14.9. The van der Waals surface area contributed by atoms with E-state index in [0.29, 0.717) is 10.9 Å². The lowest BCUT2D eigenvalue weighted by Gasteiger charge is -2.16. The van der Waals surface area contributed by atoms with Crippen molar-refractivity contribution >= 4 is 17.7 Å². The summed E-state index contributed by atoms with van der Waals surface area (Å²) < 4.78 is 3.67. The topological polar surface area (TPSA) is 65.6 Å². The second-order valence-electron chi connectivity index (χ2n) is 6.37. The molecule has 2 heterocycles. The predicted molar refractivity (Wildman–Crippen MR) is 87.9 cm³/mol. The molecule has 2 aliphatic rings. The van der Waals surface area contributed by atoms with Crippen molar-refractivity contribution in [3.05, 3.63) is 22.5 Å². The normalized spacial score (nSPS) is 16.9. The highest BCUT2D eigenvalue weighted by Gasteiger charge is 2.28. The quantitative estimate of drug-likeness (QED) is 0.807. The Bertz CT molecular complexity index is 714. The summed E-state index contributed by atoms with van der Waals surface area (Å²) in [7, 11) is 1.80. The molecule has 0 aliphatic heterocycles. The molecule has 2 aromatic rings. The number of aromatic nitrogens is 5. The number of fused-ring (bicyclic) bond motifs is 3. The summed E-state index contributed by atoms with van der Waals surface area (Å²) in [5.74, 6) is 0.571. The summed E-state index contributed by atoms with van der Waals surface area (Å²) in [6, 6.07) is 0. The molecule has 0 amide bonds. The third-order valence-electron chi connectivity index (χ3n) is 4.94. The number of hydrogen-bond donors (Lipinski definition) is 0. The number of nitrogens with zero attached hydrogens (tertiary/aromatic N) is 5. The SMILES string of the molecule is Cn1nnnc1SCC(=O)n1c2c(c3c1CCCC3)CCCC2. The summed E-state index contributed by atoms with van der Waals surface area (Å²) in [6.45, 7) is 0. The lowest BCUT2D eigenvalue weighted by molar-refractivity contribution is 0.0934. The molecular formula is C16H21N5OS. The van der Waals surface area contributed by atoms with Gasteiger partial charge >= 0.3 is 0 Å². The van der Waals surface area contributed by atoms with Crippen molar-refractivity contribution in [1.29, 1.82) is 0 Å². The fraction of sp³-hybridized carbons (Fsp3) is 0.625. The molecule has 122 valence electrons. The Balaban J connectivity index is 1.64.